The van der Waals surface area contributed by atoms with E-state index in [1.165, 1.54) is 24.5 Å². The smallest absolute Gasteiger partial charge is 0.131 e. The molecule has 1 fully saturated rings. The zero-order valence-electron chi connectivity index (χ0n) is 14.7. The molecule has 1 atom stereocenters. The second kappa shape index (κ2) is 6.43. The Morgan fingerprint density at radius 1 is 1.17 bits per heavy atom. The summed E-state index contributed by atoms with van der Waals surface area (Å²) in [7, 11) is 1.61. The minimum absolute atomic E-state index is 0.209. The van der Waals surface area contributed by atoms with Crippen LogP contribution >= 0.6 is 0 Å². The summed E-state index contributed by atoms with van der Waals surface area (Å²) in [6.45, 7) is 8.52. The van der Waals surface area contributed by atoms with Crippen LogP contribution in [-0.4, -0.2) is 7.11 Å². The van der Waals surface area contributed by atoms with E-state index in [9.17, 15) is 4.39 Å². The molecule has 0 N–H and O–H groups in total. The Balaban J connectivity index is 2.20. The van der Waals surface area contributed by atoms with Crippen LogP contribution in [0.3, 0.4) is 0 Å². The molecular weight excluding hydrogens is 299 g/mol. The average Bonchev–Trinajstić information content (AvgIpc) is 2.94. The second-order valence-corrected chi connectivity index (χ2v) is 7.33. The number of methoxy groups -OCH3 is 1. The Hall–Kier alpha value is -2.09. The highest BCUT2D eigenvalue weighted by Crippen LogP contribution is 2.51. The third-order valence-corrected chi connectivity index (χ3v) is 5.41. The molecule has 1 aliphatic carbocycles. The van der Waals surface area contributed by atoms with Gasteiger partial charge in [-0.2, -0.15) is 0 Å². The Labute approximate surface area is 144 Å². The maximum absolute atomic E-state index is 14.6. The van der Waals surface area contributed by atoms with Gasteiger partial charge < -0.3 is 4.74 Å². The highest BCUT2D eigenvalue weighted by Gasteiger charge is 2.37. The molecule has 0 saturated heterocycles. The van der Waals surface area contributed by atoms with E-state index < -0.39 is 0 Å². The first kappa shape index (κ1) is 16.8. The van der Waals surface area contributed by atoms with Crippen LogP contribution in [0.15, 0.2) is 43.0 Å². The van der Waals surface area contributed by atoms with Crippen molar-refractivity contribution in [3.63, 3.8) is 0 Å². The quantitative estimate of drug-likeness (QED) is 0.629. The molecule has 2 aromatic rings. The zero-order chi connectivity index (χ0) is 17.3. The van der Waals surface area contributed by atoms with Gasteiger partial charge in [0.25, 0.3) is 0 Å². The van der Waals surface area contributed by atoms with Crippen molar-refractivity contribution in [3.05, 3.63) is 59.9 Å². The van der Waals surface area contributed by atoms with Crippen LogP contribution in [-0.2, 0) is 0 Å². The van der Waals surface area contributed by atoms with Crippen LogP contribution < -0.4 is 4.74 Å². The maximum Gasteiger partial charge on any atom is 0.131 e. The van der Waals surface area contributed by atoms with Crippen molar-refractivity contribution in [2.45, 2.75) is 39.0 Å². The number of rotatable bonds is 4. The Kier molecular flexibility index (Phi) is 4.49. The topological polar surface area (TPSA) is 9.23 Å². The monoisotopic (exact) mass is 324 g/mol. The molecule has 1 unspecified atom stereocenters. The van der Waals surface area contributed by atoms with E-state index in [4.69, 9.17) is 4.74 Å². The van der Waals surface area contributed by atoms with Gasteiger partial charge in [0.2, 0.25) is 0 Å². The number of benzene rings is 2. The van der Waals surface area contributed by atoms with Crippen molar-refractivity contribution in [2.24, 2.45) is 5.41 Å². The molecule has 24 heavy (non-hydrogen) atoms. The van der Waals surface area contributed by atoms with Gasteiger partial charge in [-0.25, -0.2) is 4.39 Å². The predicted octanol–water partition coefficient (Wildman–Crippen LogP) is 6.44. The molecule has 0 heterocycles. The first-order valence-corrected chi connectivity index (χ1v) is 8.56. The van der Waals surface area contributed by atoms with Crippen LogP contribution in [0.1, 0.15) is 50.2 Å². The van der Waals surface area contributed by atoms with E-state index in [0.29, 0.717) is 17.2 Å². The van der Waals surface area contributed by atoms with Gasteiger partial charge in [0.05, 0.1) is 7.11 Å². The van der Waals surface area contributed by atoms with Gasteiger partial charge in [-0.05, 0) is 59.1 Å². The number of hydrogen-bond acceptors (Lipinski definition) is 1. The first-order valence-electron chi connectivity index (χ1n) is 8.56. The van der Waals surface area contributed by atoms with Gasteiger partial charge in [0, 0.05) is 5.56 Å². The lowest BCUT2D eigenvalue weighted by Crippen LogP contribution is -2.16. The molecular formula is C22H25FO. The minimum atomic E-state index is -0.209. The molecule has 3 rings (SSSR count). The predicted molar refractivity (Wildman–Crippen MR) is 98.9 cm³/mol. The molecule has 0 aromatic heterocycles. The average molecular weight is 324 g/mol. The van der Waals surface area contributed by atoms with Gasteiger partial charge >= 0.3 is 0 Å². The molecule has 2 aromatic carbocycles. The van der Waals surface area contributed by atoms with E-state index >= 15 is 0 Å². The van der Waals surface area contributed by atoms with Crippen molar-refractivity contribution in [2.75, 3.05) is 7.11 Å². The standard InChI is InChI=1S/C22H25FO/c1-5-15-8-10-17(19-14-16(24-4)9-11-21(19)23)18(13-15)20-7-6-12-22(20,2)3/h5,8-11,13-14,20H,1,6-7,12H2,2-4H3. The van der Waals surface area contributed by atoms with E-state index in [1.807, 2.05) is 18.2 Å². The fraction of sp³-hybridized carbons (Fsp3) is 0.364. The van der Waals surface area contributed by atoms with Gasteiger partial charge in [0.1, 0.15) is 11.6 Å². The van der Waals surface area contributed by atoms with Gasteiger partial charge in [-0.15, -0.1) is 0 Å². The largest absolute Gasteiger partial charge is 0.497 e. The summed E-state index contributed by atoms with van der Waals surface area (Å²) in [6.07, 6.45) is 5.43. The molecule has 0 bridgehead atoms. The highest BCUT2D eigenvalue weighted by atomic mass is 19.1. The SMILES string of the molecule is C=Cc1ccc(-c2cc(OC)ccc2F)c(C2CCCC2(C)C)c1. The molecule has 0 radical (unpaired) electrons. The van der Waals surface area contributed by atoms with E-state index in [-0.39, 0.29) is 11.2 Å². The van der Waals surface area contributed by atoms with Gasteiger partial charge in [-0.1, -0.05) is 51.1 Å². The van der Waals surface area contributed by atoms with E-state index in [2.05, 4.69) is 26.5 Å². The summed E-state index contributed by atoms with van der Waals surface area (Å²) in [5.74, 6) is 0.896. The molecule has 0 amide bonds. The molecule has 0 aliphatic heterocycles. The molecule has 1 aliphatic rings. The van der Waals surface area contributed by atoms with Crippen molar-refractivity contribution < 1.29 is 9.13 Å². The third kappa shape index (κ3) is 2.98. The fourth-order valence-corrected chi connectivity index (χ4v) is 3.98. The molecule has 126 valence electrons. The Morgan fingerprint density at radius 3 is 2.58 bits per heavy atom. The summed E-state index contributed by atoms with van der Waals surface area (Å²) >= 11 is 0. The van der Waals surface area contributed by atoms with E-state index in [1.54, 1.807) is 19.2 Å². The second-order valence-electron chi connectivity index (χ2n) is 7.33. The van der Waals surface area contributed by atoms with Crippen LogP contribution in [0.25, 0.3) is 17.2 Å². The van der Waals surface area contributed by atoms with Crippen LogP contribution in [0.2, 0.25) is 0 Å². The van der Waals surface area contributed by atoms with Crippen molar-refractivity contribution in [3.8, 4) is 16.9 Å². The number of ether oxygens (including phenoxy) is 1. The number of halogens is 1. The third-order valence-electron chi connectivity index (χ3n) is 5.41. The molecule has 1 saturated carbocycles. The highest BCUT2D eigenvalue weighted by molar-refractivity contribution is 5.72. The lowest BCUT2D eigenvalue weighted by atomic mass is 9.75. The normalized spacial score (nSPS) is 19.2. The lowest BCUT2D eigenvalue weighted by molar-refractivity contribution is 0.333. The summed E-state index contributed by atoms with van der Waals surface area (Å²) in [5.41, 5.74) is 4.12. The van der Waals surface area contributed by atoms with Crippen LogP contribution in [0, 0.1) is 11.2 Å². The lowest BCUT2D eigenvalue weighted by Gasteiger charge is -2.29. The molecule has 1 nitrogen and oxygen atoms in total. The van der Waals surface area contributed by atoms with Crippen molar-refractivity contribution >= 4 is 6.08 Å². The molecule has 0 spiro atoms. The van der Waals surface area contributed by atoms with Gasteiger partial charge in [0.15, 0.2) is 0 Å². The Bertz CT molecular complexity index is 761. The van der Waals surface area contributed by atoms with Crippen molar-refractivity contribution in [1.82, 2.24) is 0 Å². The summed E-state index contributed by atoms with van der Waals surface area (Å²) in [5, 5.41) is 0. The minimum Gasteiger partial charge on any atom is -0.497 e. The van der Waals surface area contributed by atoms with Crippen molar-refractivity contribution in [1.29, 1.82) is 0 Å². The van der Waals surface area contributed by atoms with Gasteiger partial charge in [-0.3, -0.25) is 0 Å². The summed E-state index contributed by atoms with van der Waals surface area (Å²) in [6, 6.07) is 11.2. The van der Waals surface area contributed by atoms with Crippen LogP contribution in [0.4, 0.5) is 4.39 Å². The molecule has 2 heteroatoms. The fourth-order valence-electron chi connectivity index (χ4n) is 3.98. The van der Waals surface area contributed by atoms with E-state index in [0.717, 1.165) is 17.5 Å². The maximum atomic E-state index is 14.6. The number of hydrogen-bond donors (Lipinski definition) is 0. The summed E-state index contributed by atoms with van der Waals surface area (Å²) in [4.78, 5) is 0. The Morgan fingerprint density at radius 2 is 1.96 bits per heavy atom. The van der Waals surface area contributed by atoms with Crippen LogP contribution in [0.5, 0.6) is 5.75 Å². The summed E-state index contributed by atoms with van der Waals surface area (Å²) < 4.78 is 19.9. The zero-order valence-corrected chi connectivity index (χ0v) is 14.7. The first-order chi connectivity index (χ1) is 11.5.